The van der Waals surface area contributed by atoms with Gasteiger partial charge in [-0.1, -0.05) is 42.5 Å². The molecule has 0 fully saturated rings. The van der Waals surface area contributed by atoms with E-state index in [0.29, 0.717) is 0 Å². The van der Waals surface area contributed by atoms with E-state index in [-0.39, 0.29) is 0 Å². The Morgan fingerprint density at radius 3 is 2.60 bits per heavy atom. The number of rotatable bonds is 1. The lowest BCUT2D eigenvalue weighted by Crippen LogP contribution is -1.82. The lowest BCUT2D eigenvalue weighted by molar-refractivity contribution is 1.16. The average molecular weight is 276 g/mol. The normalized spacial score (nSPS) is 11.2. The number of fused-ring (bicyclic) bond motifs is 3. The summed E-state index contributed by atoms with van der Waals surface area (Å²) >= 11 is 1.77. The first-order valence-corrected chi connectivity index (χ1v) is 7.34. The Hall–Kier alpha value is -2.26. The first-order valence-electron chi connectivity index (χ1n) is 6.52. The lowest BCUT2D eigenvalue weighted by atomic mass is 10.0. The lowest BCUT2D eigenvalue weighted by Gasteiger charge is -2.01. The van der Waals surface area contributed by atoms with E-state index in [1.54, 1.807) is 17.7 Å². The summed E-state index contributed by atoms with van der Waals surface area (Å²) < 4.78 is 2.46. The molecule has 0 spiro atoms. The van der Waals surface area contributed by atoms with Crippen LogP contribution in [0, 0.1) is 6.92 Å². The zero-order valence-electron chi connectivity index (χ0n) is 11.0. The predicted molar refractivity (Wildman–Crippen MR) is 85.1 cm³/mol. The van der Waals surface area contributed by atoms with Crippen molar-refractivity contribution in [2.45, 2.75) is 6.92 Å². The van der Waals surface area contributed by atoms with Crippen molar-refractivity contribution in [2.24, 2.45) is 0 Å². The minimum Gasteiger partial charge on any atom is -0.240 e. The topological polar surface area (TPSA) is 25.8 Å². The van der Waals surface area contributed by atoms with Crippen LogP contribution in [-0.2, 0) is 0 Å². The fourth-order valence-electron chi connectivity index (χ4n) is 2.50. The highest BCUT2D eigenvalue weighted by atomic mass is 32.1. The molecular weight excluding hydrogens is 264 g/mol. The summed E-state index contributed by atoms with van der Waals surface area (Å²) in [5.74, 6) is 0. The van der Waals surface area contributed by atoms with Crippen molar-refractivity contribution in [1.82, 2.24) is 9.97 Å². The van der Waals surface area contributed by atoms with Crippen LogP contribution in [0.1, 0.15) is 5.69 Å². The summed E-state index contributed by atoms with van der Waals surface area (Å²) in [7, 11) is 0. The van der Waals surface area contributed by atoms with Gasteiger partial charge in [0.15, 0.2) is 0 Å². The van der Waals surface area contributed by atoms with E-state index in [2.05, 4.69) is 52.4 Å². The first-order chi connectivity index (χ1) is 9.83. The van der Waals surface area contributed by atoms with Crippen molar-refractivity contribution >= 4 is 31.6 Å². The van der Waals surface area contributed by atoms with Gasteiger partial charge >= 0.3 is 0 Å². The van der Waals surface area contributed by atoms with Gasteiger partial charge in [-0.2, -0.15) is 0 Å². The van der Waals surface area contributed by atoms with Crippen LogP contribution in [0.15, 0.2) is 54.9 Å². The third-order valence-electron chi connectivity index (χ3n) is 3.54. The zero-order valence-corrected chi connectivity index (χ0v) is 11.8. The van der Waals surface area contributed by atoms with Crippen molar-refractivity contribution in [2.75, 3.05) is 0 Å². The molecule has 20 heavy (non-hydrogen) atoms. The van der Waals surface area contributed by atoms with Gasteiger partial charge in [0.05, 0.1) is 15.9 Å². The SMILES string of the molecule is Cc1ncnc2c1sc1cc(-c3ccccc3)ccc12. The number of aryl methyl sites for hydroxylation is 1. The summed E-state index contributed by atoms with van der Waals surface area (Å²) in [4.78, 5) is 8.71. The van der Waals surface area contributed by atoms with E-state index in [4.69, 9.17) is 0 Å². The van der Waals surface area contributed by atoms with Gasteiger partial charge in [-0.15, -0.1) is 11.3 Å². The summed E-state index contributed by atoms with van der Waals surface area (Å²) in [6.45, 7) is 2.04. The van der Waals surface area contributed by atoms with E-state index in [0.717, 1.165) is 11.2 Å². The number of hydrogen-bond acceptors (Lipinski definition) is 3. The molecule has 0 N–H and O–H groups in total. The predicted octanol–water partition coefficient (Wildman–Crippen LogP) is 4.82. The maximum atomic E-state index is 4.43. The second-order valence-electron chi connectivity index (χ2n) is 4.82. The molecule has 2 aromatic carbocycles. The van der Waals surface area contributed by atoms with Crippen LogP contribution in [0.3, 0.4) is 0 Å². The second kappa shape index (κ2) is 4.39. The summed E-state index contributed by atoms with van der Waals surface area (Å²) in [6, 6.07) is 17.0. The van der Waals surface area contributed by atoms with Crippen LogP contribution < -0.4 is 0 Å². The van der Waals surface area contributed by atoms with E-state index in [1.165, 1.54) is 25.9 Å². The van der Waals surface area contributed by atoms with Gasteiger partial charge in [0.2, 0.25) is 0 Å². The Morgan fingerprint density at radius 2 is 1.75 bits per heavy atom. The molecular formula is C17H12N2S. The highest BCUT2D eigenvalue weighted by molar-refractivity contribution is 7.25. The van der Waals surface area contributed by atoms with Crippen LogP contribution in [0.25, 0.3) is 31.4 Å². The Morgan fingerprint density at radius 1 is 0.900 bits per heavy atom. The summed E-state index contributed by atoms with van der Waals surface area (Å²) in [6.07, 6.45) is 1.65. The maximum Gasteiger partial charge on any atom is 0.116 e. The Labute approximate surface area is 120 Å². The molecule has 0 bridgehead atoms. The van der Waals surface area contributed by atoms with Crippen LogP contribution in [0.5, 0.6) is 0 Å². The zero-order chi connectivity index (χ0) is 13.5. The maximum absolute atomic E-state index is 4.43. The Bertz CT molecular complexity index is 910. The molecule has 0 saturated carbocycles. The third-order valence-corrected chi connectivity index (χ3v) is 4.79. The number of aromatic nitrogens is 2. The molecule has 0 atom stereocenters. The summed E-state index contributed by atoms with van der Waals surface area (Å²) in [5, 5.41) is 1.22. The minimum atomic E-state index is 1.05. The summed E-state index contributed by atoms with van der Waals surface area (Å²) in [5.41, 5.74) is 4.61. The fraction of sp³-hybridized carbons (Fsp3) is 0.0588. The van der Waals surface area contributed by atoms with Gasteiger partial charge < -0.3 is 0 Å². The van der Waals surface area contributed by atoms with Gasteiger partial charge in [0.1, 0.15) is 6.33 Å². The van der Waals surface area contributed by atoms with E-state index < -0.39 is 0 Å². The van der Waals surface area contributed by atoms with Crippen molar-refractivity contribution in [3.8, 4) is 11.1 Å². The van der Waals surface area contributed by atoms with Crippen LogP contribution in [-0.4, -0.2) is 9.97 Å². The largest absolute Gasteiger partial charge is 0.240 e. The van der Waals surface area contributed by atoms with Crippen LogP contribution in [0.4, 0.5) is 0 Å². The van der Waals surface area contributed by atoms with Crippen molar-refractivity contribution in [3.05, 3.63) is 60.6 Å². The highest BCUT2D eigenvalue weighted by Crippen LogP contribution is 2.35. The van der Waals surface area contributed by atoms with Gasteiger partial charge in [-0.3, -0.25) is 0 Å². The molecule has 2 aromatic heterocycles. The van der Waals surface area contributed by atoms with Gasteiger partial charge in [-0.05, 0) is 24.1 Å². The number of thiophene rings is 1. The quantitative estimate of drug-likeness (QED) is 0.498. The molecule has 4 rings (SSSR count). The molecule has 0 aliphatic rings. The molecule has 3 heteroatoms. The van der Waals surface area contributed by atoms with Crippen molar-refractivity contribution in [3.63, 3.8) is 0 Å². The molecule has 0 radical (unpaired) electrons. The molecule has 96 valence electrons. The number of benzene rings is 2. The van der Waals surface area contributed by atoms with E-state index >= 15 is 0 Å². The van der Waals surface area contributed by atoms with Crippen molar-refractivity contribution in [1.29, 1.82) is 0 Å². The number of hydrogen-bond donors (Lipinski definition) is 0. The standard InChI is InChI=1S/C17H12N2S/c1-11-17-16(19-10-18-11)14-8-7-13(9-15(14)20-17)12-5-3-2-4-6-12/h2-10H,1H3. The van der Waals surface area contributed by atoms with E-state index in [1.807, 2.05) is 13.0 Å². The molecule has 2 nitrogen and oxygen atoms in total. The second-order valence-corrected chi connectivity index (χ2v) is 5.87. The molecule has 4 aromatic rings. The monoisotopic (exact) mass is 276 g/mol. The van der Waals surface area contributed by atoms with E-state index in [9.17, 15) is 0 Å². The Balaban J connectivity index is 2.01. The Kier molecular flexibility index (Phi) is 2.54. The smallest absolute Gasteiger partial charge is 0.116 e. The van der Waals surface area contributed by atoms with Crippen molar-refractivity contribution < 1.29 is 0 Å². The molecule has 0 aliphatic carbocycles. The van der Waals surface area contributed by atoms with Crippen LogP contribution in [0.2, 0.25) is 0 Å². The molecule has 0 unspecified atom stereocenters. The minimum absolute atomic E-state index is 1.05. The van der Waals surface area contributed by atoms with Gasteiger partial charge in [-0.25, -0.2) is 9.97 Å². The third kappa shape index (κ3) is 1.71. The van der Waals surface area contributed by atoms with Gasteiger partial charge in [0.25, 0.3) is 0 Å². The molecule has 0 aliphatic heterocycles. The van der Waals surface area contributed by atoms with Gasteiger partial charge in [0, 0.05) is 10.1 Å². The highest BCUT2D eigenvalue weighted by Gasteiger charge is 2.09. The molecule has 2 heterocycles. The number of nitrogens with zero attached hydrogens (tertiary/aromatic N) is 2. The molecule has 0 saturated heterocycles. The first kappa shape index (κ1) is 11.6. The van der Waals surface area contributed by atoms with Crippen LogP contribution >= 0.6 is 11.3 Å². The average Bonchev–Trinajstić information content (AvgIpc) is 2.87. The molecule has 0 amide bonds. The fourth-order valence-corrected chi connectivity index (χ4v) is 3.64.